The van der Waals surface area contributed by atoms with Crippen LogP contribution in [0.5, 0.6) is 0 Å². The highest BCUT2D eigenvalue weighted by Gasteiger charge is 2.51. The van der Waals surface area contributed by atoms with Gasteiger partial charge in [0.1, 0.15) is 23.9 Å². The number of ether oxygens (including phenoxy) is 4. The number of hydrogen-bond acceptors (Lipinski definition) is 12. The normalized spacial score (nSPS) is 47.8. The van der Waals surface area contributed by atoms with Gasteiger partial charge in [-0.3, -0.25) is 4.79 Å². The molecule has 0 bridgehead atoms. The average molecular weight is 781 g/mol. The number of nitrogens with zero attached hydrogens (tertiary/aromatic N) is 2. The number of likely N-dealkylation sites (N-methyl/N-ethyl adjacent to an activating group) is 2. The fraction of sp³-hybridized carbons (Fsp3) is 0.975. The lowest BCUT2D eigenvalue weighted by atomic mass is 9.64. The highest BCUT2D eigenvalue weighted by Crippen LogP contribution is 2.46. The van der Waals surface area contributed by atoms with Crippen molar-refractivity contribution in [3.05, 3.63) is 0 Å². The van der Waals surface area contributed by atoms with Crippen molar-refractivity contribution in [2.24, 2.45) is 29.6 Å². The Morgan fingerprint density at radius 3 is 2.06 bits per heavy atom. The molecule has 0 aliphatic carbocycles. The summed E-state index contributed by atoms with van der Waals surface area (Å²) in [5, 5.41) is 58.6. The van der Waals surface area contributed by atoms with E-state index in [1.165, 1.54) is 6.92 Å². The number of cyclic esters (lactones) is 1. The van der Waals surface area contributed by atoms with Crippen LogP contribution < -0.4 is 0 Å². The molecule has 3 aliphatic heterocycles. The van der Waals surface area contributed by atoms with Crippen LogP contribution in [0, 0.1) is 29.6 Å². The van der Waals surface area contributed by atoms with Crippen molar-refractivity contribution < 1.29 is 60.2 Å². The molecule has 0 aromatic rings. The SMILES string of the molecule is CC[C@H]1OC(=O)[C@H](C)[C@@H](C[C@H]2C[C@@](C)(OC)[C@@H](O)[C@H](C)O2)[C@H](C)[C@@H](C[C@@H]2O[C@H](C)C[C@H](N(C)C)[C@H]2O)[C@](C)(O)C[C@@H](C)CN(C)[C@H](C)[C@@H](O)[C@]1(C)O.O.O. The fourth-order valence-electron chi connectivity index (χ4n) is 10.0. The van der Waals surface area contributed by atoms with E-state index in [4.69, 9.17) is 18.9 Å². The van der Waals surface area contributed by atoms with Crippen LogP contribution in [-0.2, 0) is 23.7 Å². The average Bonchev–Trinajstić information content (AvgIpc) is 3.05. The lowest BCUT2D eigenvalue weighted by molar-refractivity contribution is -0.220. The van der Waals surface area contributed by atoms with Gasteiger partial charge in [0.15, 0.2) is 0 Å². The second-order valence-electron chi connectivity index (χ2n) is 18.1. The molecule has 0 spiro atoms. The van der Waals surface area contributed by atoms with Crippen molar-refractivity contribution >= 4 is 5.97 Å². The van der Waals surface area contributed by atoms with Crippen molar-refractivity contribution in [3.8, 4) is 0 Å². The first kappa shape index (κ1) is 51.0. The molecule has 18 atom stereocenters. The minimum Gasteiger partial charge on any atom is -0.459 e. The van der Waals surface area contributed by atoms with Gasteiger partial charge in [0.25, 0.3) is 0 Å². The smallest absolute Gasteiger partial charge is 0.309 e. The van der Waals surface area contributed by atoms with Crippen molar-refractivity contribution in [2.75, 3.05) is 34.8 Å². The number of methoxy groups -OCH3 is 1. The summed E-state index contributed by atoms with van der Waals surface area (Å²) in [7, 11) is 7.40. The van der Waals surface area contributed by atoms with Gasteiger partial charge in [0.2, 0.25) is 0 Å². The van der Waals surface area contributed by atoms with Gasteiger partial charge in [0, 0.05) is 32.2 Å². The second kappa shape index (κ2) is 20.1. The molecule has 14 nitrogen and oxygen atoms in total. The van der Waals surface area contributed by atoms with E-state index in [9.17, 15) is 30.3 Å². The van der Waals surface area contributed by atoms with E-state index in [-0.39, 0.29) is 41.0 Å². The Morgan fingerprint density at radius 1 is 0.926 bits per heavy atom. The molecule has 3 fully saturated rings. The lowest BCUT2D eigenvalue weighted by Gasteiger charge is -2.49. The van der Waals surface area contributed by atoms with Crippen LogP contribution in [0.15, 0.2) is 0 Å². The summed E-state index contributed by atoms with van der Waals surface area (Å²) >= 11 is 0. The van der Waals surface area contributed by atoms with Crippen molar-refractivity contribution in [2.45, 2.75) is 185 Å². The number of aliphatic hydroxyl groups excluding tert-OH is 3. The van der Waals surface area contributed by atoms with Crippen molar-refractivity contribution in [1.82, 2.24) is 9.80 Å². The van der Waals surface area contributed by atoms with E-state index in [2.05, 4.69) is 13.8 Å². The number of carbonyl (C=O) groups excluding carboxylic acids is 1. The Morgan fingerprint density at radius 2 is 1.52 bits per heavy atom. The third-order valence-corrected chi connectivity index (χ3v) is 13.5. The van der Waals surface area contributed by atoms with Gasteiger partial charge in [-0.15, -0.1) is 0 Å². The van der Waals surface area contributed by atoms with Crippen LogP contribution in [0.25, 0.3) is 0 Å². The standard InChI is InChI=1S/C40H76N2O10.2H2O/c1-15-33-40(10,48)35(44)26(6)42(13)21-22(2)19-38(8,47)30(18-32-34(43)31(41(11)12)16-23(3)50-32)24(4)29(25(5)37(46)52-33)17-28-20-39(9,49-14)36(45)27(7)51-28;;/h22-36,43-45,47-48H,15-21H2,1-14H3;2*1H2/t22-,23-,24+,25-,26-,27+,28+,29+,30-,31+,32+,33-,34-,35-,36+,38-,39-,40-;;/m1../s1. The van der Waals surface area contributed by atoms with Gasteiger partial charge in [0.05, 0.1) is 47.6 Å². The van der Waals surface area contributed by atoms with Gasteiger partial charge < -0.3 is 65.2 Å². The Kier molecular flexibility index (Phi) is 19.0. The zero-order valence-corrected chi connectivity index (χ0v) is 35.8. The quantitative estimate of drug-likeness (QED) is 0.232. The maximum absolute atomic E-state index is 14.3. The van der Waals surface area contributed by atoms with Crippen LogP contribution in [0.1, 0.15) is 108 Å². The van der Waals surface area contributed by atoms with E-state index in [0.29, 0.717) is 45.1 Å². The summed E-state index contributed by atoms with van der Waals surface area (Å²) in [5.41, 5.74) is -3.85. The molecule has 0 radical (unpaired) electrons. The van der Waals surface area contributed by atoms with Gasteiger partial charge in [-0.2, -0.15) is 0 Å². The first-order valence-electron chi connectivity index (χ1n) is 19.8. The van der Waals surface area contributed by atoms with Crippen molar-refractivity contribution in [1.29, 1.82) is 0 Å². The Bertz CT molecular complexity index is 1140. The largest absolute Gasteiger partial charge is 0.459 e. The molecule has 54 heavy (non-hydrogen) atoms. The molecule has 0 amide bonds. The minimum atomic E-state index is -1.73. The first-order chi connectivity index (χ1) is 23.9. The van der Waals surface area contributed by atoms with Crippen LogP contribution in [0.2, 0.25) is 0 Å². The molecule has 0 aromatic carbocycles. The number of rotatable bonds is 7. The summed E-state index contributed by atoms with van der Waals surface area (Å²) < 4.78 is 24.8. The van der Waals surface area contributed by atoms with E-state index in [1.54, 1.807) is 7.11 Å². The molecule has 9 N–H and O–H groups in total. The Labute approximate surface area is 325 Å². The summed E-state index contributed by atoms with van der Waals surface area (Å²) in [6.07, 6.45) is -2.80. The Balaban J connectivity index is 0.00000729. The van der Waals surface area contributed by atoms with Crippen LogP contribution in [0.4, 0.5) is 0 Å². The molecular weight excluding hydrogens is 700 g/mol. The maximum Gasteiger partial charge on any atom is 0.309 e. The first-order valence-corrected chi connectivity index (χ1v) is 19.8. The molecule has 0 saturated carbocycles. The second-order valence-corrected chi connectivity index (χ2v) is 18.1. The molecule has 3 rings (SSSR count). The summed E-state index contributed by atoms with van der Waals surface area (Å²) in [6, 6.07) is -0.596. The van der Waals surface area contributed by atoms with Crippen LogP contribution >= 0.6 is 0 Å². The van der Waals surface area contributed by atoms with Gasteiger partial charge in [-0.25, -0.2) is 0 Å². The van der Waals surface area contributed by atoms with Crippen LogP contribution in [-0.4, -0.2) is 165 Å². The van der Waals surface area contributed by atoms with Crippen LogP contribution in [0.3, 0.4) is 0 Å². The fourth-order valence-corrected chi connectivity index (χ4v) is 10.0. The molecule has 0 unspecified atom stereocenters. The van der Waals surface area contributed by atoms with E-state index in [0.717, 1.165) is 0 Å². The van der Waals surface area contributed by atoms with Crippen molar-refractivity contribution in [3.63, 3.8) is 0 Å². The molecule has 322 valence electrons. The monoisotopic (exact) mass is 781 g/mol. The number of carbonyl (C=O) groups is 1. The highest BCUT2D eigenvalue weighted by atomic mass is 16.6. The zero-order valence-electron chi connectivity index (χ0n) is 35.8. The molecule has 14 heteroatoms. The highest BCUT2D eigenvalue weighted by molar-refractivity contribution is 5.72. The number of aliphatic hydroxyl groups is 5. The maximum atomic E-state index is 14.3. The van der Waals surface area contributed by atoms with Gasteiger partial charge in [-0.1, -0.05) is 27.7 Å². The lowest BCUT2D eigenvalue weighted by Crippen LogP contribution is -2.59. The minimum absolute atomic E-state index is 0. The third kappa shape index (κ3) is 11.3. The predicted molar refractivity (Wildman–Crippen MR) is 208 cm³/mol. The summed E-state index contributed by atoms with van der Waals surface area (Å²) in [5.74, 6) is -2.35. The van der Waals surface area contributed by atoms with Gasteiger partial charge >= 0.3 is 5.97 Å². The summed E-state index contributed by atoms with van der Waals surface area (Å²) in [6.45, 7) is 19.3. The predicted octanol–water partition coefficient (Wildman–Crippen LogP) is 1.58. The summed E-state index contributed by atoms with van der Waals surface area (Å²) in [4.78, 5) is 18.3. The van der Waals surface area contributed by atoms with E-state index >= 15 is 0 Å². The topological polar surface area (TPSA) is 225 Å². The molecule has 3 aliphatic rings. The molecule has 0 aromatic heterocycles. The van der Waals surface area contributed by atoms with E-state index in [1.807, 2.05) is 79.4 Å². The molecule has 3 heterocycles. The number of hydrogen-bond donors (Lipinski definition) is 5. The zero-order chi connectivity index (χ0) is 39.7. The molecular formula is C40H80N2O12. The van der Waals surface area contributed by atoms with Gasteiger partial charge in [-0.05, 0) is 118 Å². The Hall–Kier alpha value is -1.01. The number of esters is 1. The molecule has 3 saturated heterocycles. The third-order valence-electron chi connectivity index (χ3n) is 13.5. The van der Waals surface area contributed by atoms with E-state index < -0.39 is 83.2 Å².